The molecule has 9 unspecified atom stereocenters. The lowest BCUT2D eigenvalue weighted by atomic mass is 9.66. The van der Waals surface area contributed by atoms with Crippen LogP contribution < -0.4 is 0 Å². The number of hydrogen-bond acceptors (Lipinski definition) is 3. The van der Waals surface area contributed by atoms with Crippen molar-refractivity contribution in [3.63, 3.8) is 0 Å². The van der Waals surface area contributed by atoms with Crippen molar-refractivity contribution in [1.29, 1.82) is 0 Å². The van der Waals surface area contributed by atoms with Gasteiger partial charge in [-0.1, -0.05) is 19.9 Å². The summed E-state index contributed by atoms with van der Waals surface area (Å²) in [5.41, 5.74) is 4.32. The molecular formula is C30H45N3O. The molecule has 0 radical (unpaired) electrons. The summed E-state index contributed by atoms with van der Waals surface area (Å²) in [5, 5.41) is 0. The molecule has 0 N–H and O–H groups in total. The predicted octanol–water partition coefficient (Wildman–Crippen LogP) is 5.30. The Balaban J connectivity index is 1.26. The van der Waals surface area contributed by atoms with Crippen LogP contribution in [0, 0.1) is 35.5 Å². The number of carbonyl (C=O) groups is 1. The van der Waals surface area contributed by atoms with E-state index in [-0.39, 0.29) is 5.91 Å². The van der Waals surface area contributed by atoms with Gasteiger partial charge in [-0.05, 0) is 118 Å². The highest BCUT2D eigenvalue weighted by atomic mass is 16.2. The van der Waals surface area contributed by atoms with Crippen LogP contribution in [0.25, 0.3) is 0 Å². The van der Waals surface area contributed by atoms with E-state index < -0.39 is 0 Å². The van der Waals surface area contributed by atoms with E-state index in [0.717, 1.165) is 36.8 Å². The maximum atomic E-state index is 12.4. The second kappa shape index (κ2) is 8.91. The Kier molecular flexibility index (Phi) is 6.03. The predicted molar refractivity (Wildman–Crippen MR) is 137 cm³/mol. The molecule has 2 aliphatic heterocycles. The summed E-state index contributed by atoms with van der Waals surface area (Å²) in [7, 11) is 2.38. The van der Waals surface area contributed by atoms with Crippen molar-refractivity contribution < 1.29 is 4.79 Å². The van der Waals surface area contributed by atoms with Gasteiger partial charge in [-0.15, -0.1) is 0 Å². The second-order valence-electron chi connectivity index (χ2n) is 13.1. The fraction of sp³-hybridized carbons (Fsp3) is 0.800. The van der Waals surface area contributed by atoms with Gasteiger partial charge in [0.2, 0.25) is 5.91 Å². The Hall–Kier alpha value is -1.42. The van der Waals surface area contributed by atoms with E-state index in [1.54, 1.807) is 12.5 Å². The number of fused-ring (bicyclic) bond motifs is 4. The summed E-state index contributed by atoms with van der Waals surface area (Å²) < 4.78 is 0. The Labute approximate surface area is 206 Å². The third-order valence-electron chi connectivity index (χ3n) is 10.7. The number of piperidine rings is 2. The highest BCUT2D eigenvalue weighted by Crippen LogP contribution is 2.49. The first-order valence-electron chi connectivity index (χ1n) is 14.3. The van der Waals surface area contributed by atoms with E-state index in [2.05, 4.69) is 42.8 Å². The van der Waals surface area contributed by atoms with Gasteiger partial charge in [-0.25, -0.2) is 0 Å². The summed E-state index contributed by atoms with van der Waals surface area (Å²) in [4.78, 5) is 22.7. The fourth-order valence-electron chi connectivity index (χ4n) is 9.38. The number of aromatic nitrogens is 1. The van der Waals surface area contributed by atoms with Gasteiger partial charge in [0.15, 0.2) is 0 Å². The minimum atomic E-state index is 0.279. The molecule has 4 fully saturated rings. The van der Waals surface area contributed by atoms with Gasteiger partial charge in [-0.3, -0.25) is 9.78 Å². The van der Waals surface area contributed by atoms with Gasteiger partial charge in [0.1, 0.15) is 0 Å². The highest BCUT2D eigenvalue weighted by Gasteiger charge is 2.46. The first-order chi connectivity index (χ1) is 16.4. The Morgan fingerprint density at radius 1 is 1.03 bits per heavy atom. The molecule has 2 saturated carbocycles. The zero-order chi connectivity index (χ0) is 23.6. The van der Waals surface area contributed by atoms with Crippen LogP contribution in [0.1, 0.15) is 88.6 Å². The van der Waals surface area contributed by atoms with Crippen LogP contribution in [0.5, 0.6) is 0 Å². The summed E-state index contributed by atoms with van der Waals surface area (Å²) in [5.74, 6) is 5.47. The molecule has 9 atom stereocenters. The van der Waals surface area contributed by atoms with Gasteiger partial charge in [0, 0.05) is 43.5 Å². The van der Waals surface area contributed by atoms with E-state index in [1.165, 1.54) is 69.3 Å². The molecule has 34 heavy (non-hydrogen) atoms. The number of rotatable bonds is 2. The minimum Gasteiger partial charge on any atom is -0.340 e. The van der Waals surface area contributed by atoms with Crippen LogP contribution in [-0.2, 0) is 17.6 Å². The maximum Gasteiger partial charge on any atom is 0.219 e. The first kappa shape index (κ1) is 23.0. The zero-order valence-electron chi connectivity index (χ0n) is 21.9. The van der Waals surface area contributed by atoms with Crippen LogP contribution in [0.15, 0.2) is 12.1 Å². The number of likely N-dealkylation sites (tertiary alicyclic amines) is 2. The van der Waals surface area contributed by atoms with Gasteiger partial charge in [0.05, 0.1) is 0 Å². The van der Waals surface area contributed by atoms with Crippen LogP contribution >= 0.6 is 0 Å². The number of pyridine rings is 1. The van der Waals surface area contributed by atoms with Crippen molar-refractivity contribution in [3.05, 3.63) is 29.1 Å². The number of likely N-dealkylation sites (N-methyl/N-ethyl adjacent to an activating group) is 1. The molecule has 0 spiro atoms. The lowest BCUT2D eigenvalue weighted by Gasteiger charge is -2.49. The van der Waals surface area contributed by atoms with Crippen molar-refractivity contribution in [2.24, 2.45) is 35.5 Å². The average Bonchev–Trinajstić information content (AvgIpc) is 2.92. The van der Waals surface area contributed by atoms with Crippen molar-refractivity contribution in [3.8, 4) is 0 Å². The molecule has 6 rings (SSSR count). The molecule has 4 nitrogen and oxygen atoms in total. The summed E-state index contributed by atoms with van der Waals surface area (Å²) in [6.07, 6.45) is 11.4. The lowest BCUT2D eigenvalue weighted by molar-refractivity contribution is -0.137. The maximum absolute atomic E-state index is 12.4. The summed E-state index contributed by atoms with van der Waals surface area (Å²) in [6.45, 7) is 8.82. The molecule has 4 heteroatoms. The van der Waals surface area contributed by atoms with E-state index in [0.29, 0.717) is 29.7 Å². The number of amides is 1. The molecule has 0 aromatic carbocycles. The lowest BCUT2D eigenvalue weighted by Crippen LogP contribution is -2.53. The van der Waals surface area contributed by atoms with Crippen molar-refractivity contribution in [1.82, 2.24) is 14.8 Å². The van der Waals surface area contributed by atoms with Crippen LogP contribution in [0.2, 0.25) is 0 Å². The third-order valence-corrected chi connectivity index (χ3v) is 10.7. The highest BCUT2D eigenvalue weighted by molar-refractivity contribution is 5.73. The largest absolute Gasteiger partial charge is 0.340 e. The monoisotopic (exact) mass is 463 g/mol. The van der Waals surface area contributed by atoms with E-state index in [9.17, 15) is 4.79 Å². The number of nitrogens with zero attached hydrogens (tertiary/aromatic N) is 3. The molecule has 186 valence electrons. The van der Waals surface area contributed by atoms with Gasteiger partial charge in [0.25, 0.3) is 0 Å². The summed E-state index contributed by atoms with van der Waals surface area (Å²) >= 11 is 0. The molecule has 2 bridgehead atoms. The quantitative estimate of drug-likeness (QED) is 0.597. The average molecular weight is 464 g/mol. The van der Waals surface area contributed by atoms with E-state index in [4.69, 9.17) is 4.98 Å². The number of hydrogen-bond donors (Lipinski definition) is 0. The Bertz CT molecular complexity index is 930. The third kappa shape index (κ3) is 4.02. The SMILES string of the molecule is CC(=O)N1CCCC2C(Cc3ccc4c(n3)CC3CC(C)CC5C3CC4CN5C)CC(C)CC21. The van der Waals surface area contributed by atoms with Crippen molar-refractivity contribution >= 4 is 5.91 Å². The fourth-order valence-corrected chi connectivity index (χ4v) is 9.38. The normalized spacial score (nSPS) is 41.9. The first-order valence-corrected chi connectivity index (χ1v) is 14.3. The minimum absolute atomic E-state index is 0.279. The molecule has 1 amide bonds. The molecule has 1 aromatic rings. The molecular weight excluding hydrogens is 418 g/mol. The van der Waals surface area contributed by atoms with Crippen molar-refractivity contribution in [2.45, 2.75) is 96.6 Å². The molecule has 2 saturated heterocycles. The molecule has 1 aromatic heterocycles. The van der Waals surface area contributed by atoms with Gasteiger partial charge < -0.3 is 9.80 Å². The Morgan fingerprint density at radius 3 is 2.65 bits per heavy atom. The second-order valence-corrected chi connectivity index (χ2v) is 13.1. The van der Waals surface area contributed by atoms with Crippen LogP contribution in [0.3, 0.4) is 0 Å². The summed E-state index contributed by atoms with van der Waals surface area (Å²) in [6, 6.07) is 6.10. The topological polar surface area (TPSA) is 36.4 Å². The standard InChI is InChI=1S/C30H45N3O/c1-18-11-22-16-28-25(23-15-27(22)29(12-18)32(4)17-23)8-7-24(31-28)14-21-10-19(2)13-30-26(21)6-5-9-33(30)20(3)34/h7-8,18-19,21-23,26-27,29-30H,5-6,9-17H2,1-4H3. The molecule has 5 aliphatic rings. The van der Waals surface area contributed by atoms with Crippen molar-refractivity contribution in [2.75, 3.05) is 20.1 Å². The zero-order valence-corrected chi connectivity index (χ0v) is 21.9. The molecule has 3 aliphatic carbocycles. The smallest absolute Gasteiger partial charge is 0.219 e. The van der Waals surface area contributed by atoms with Crippen LogP contribution in [0.4, 0.5) is 0 Å². The Morgan fingerprint density at radius 2 is 1.82 bits per heavy atom. The van der Waals surface area contributed by atoms with E-state index >= 15 is 0 Å². The number of carbonyl (C=O) groups excluding carboxylic acids is 1. The van der Waals surface area contributed by atoms with E-state index in [1.807, 2.05) is 0 Å². The van der Waals surface area contributed by atoms with Crippen LogP contribution in [-0.4, -0.2) is 52.9 Å². The molecule has 3 heterocycles. The van der Waals surface area contributed by atoms with Gasteiger partial charge >= 0.3 is 0 Å². The van der Waals surface area contributed by atoms with Gasteiger partial charge in [-0.2, -0.15) is 0 Å².